The number of esters is 1. The zero-order chi connectivity index (χ0) is 15.1. The Balaban J connectivity index is 2.02. The third-order valence-corrected chi connectivity index (χ3v) is 3.21. The Morgan fingerprint density at radius 1 is 1.33 bits per heavy atom. The number of imidazole rings is 1. The molecule has 0 unspecified atom stereocenters. The molecule has 0 aliphatic rings. The molecule has 2 rings (SSSR count). The molecule has 112 valence electrons. The number of aryl methyl sites for hydroxylation is 1. The minimum Gasteiger partial charge on any atom is -0.461 e. The van der Waals surface area contributed by atoms with Crippen molar-refractivity contribution in [1.29, 1.82) is 0 Å². The van der Waals surface area contributed by atoms with Gasteiger partial charge in [-0.2, -0.15) is 4.39 Å². The van der Waals surface area contributed by atoms with E-state index in [-0.39, 0.29) is 5.69 Å². The average Bonchev–Trinajstić information content (AvgIpc) is 2.87. The van der Waals surface area contributed by atoms with Crippen LogP contribution in [0.2, 0.25) is 0 Å². The molecule has 1 aromatic heterocycles. The summed E-state index contributed by atoms with van der Waals surface area (Å²) in [7, 11) is 0. The van der Waals surface area contributed by atoms with E-state index in [9.17, 15) is 9.18 Å². The molecule has 0 spiro atoms. The standard InChI is InChI=1S/C16H19FN2O2/c1-2-3-11-21-15(20)14-12-18-16(17)19(14)10-9-13-7-5-4-6-8-13/h4-8,12H,2-3,9-11H2,1H3. The van der Waals surface area contributed by atoms with E-state index in [1.165, 1.54) is 10.8 Å². The van der Waals surface area contributed by atoms with Gasteiger partial charge in [-0.05, 0) is 18.4 Å². The number of carbonyl (C=O) groups excluding carboxylic acids is 1. The molecule has 0 aliphatic heterocycles. The Bertz CT molecular complexity index is 581. The maximum Gasteiger partial charge on any atom is 0.356 e. The lowest BCUT2D eigenvalue weighted by Gasteiger charge is -2.08. The minimum absolute atomic E-state index is 0.166. The SMILES string of the molecule is CCCCOC(=O)c1cnc(F)n1CCc1ccccc1. The van der Waals surface area contributed by atoms with Gasteiger partial charge in [0, 0.05) is 6.54 Å². The van der Waals surface area contributed by atoms with Crippen molar-refractivity contribution in [2.24, 2.45) is 0 Å². The predicted molar refractivity (Wildman–Crippen MR) is 77.5 cm³/mol. The second-order valence-electron chi connectivity index (χ2n) is 4.79. The van der Waals surface area contributed by atoms with Crippen LogP contribution in [0.25, 0.3) is 0 Å². The van der Waals surface area contributed by atoms with Gasteiger partial charge in [0.25, 0.3) is 6.08 Å². The molecule has 21 heavy (non-hydrogen) atoms. The first kappa shape index (κ1) is 15.2. The predicted octanol–water partition coefficient (Wildman–Crippen LogP) is 3.22. The van der Waals surface area contributed by atoms with Gasteiger partial charge in [0.1, 0.15) is 5.69 Å². The first-order valence-corrected chi connectivity index (χ1v) is 7.14. The third kappa shape index (κ3) is 4.15. The zero-order valence-corrected chi connectivity index (χ0v) is 12.1. The van der Waals surface area contributed by atoms with E-state index >= 15 is 0 Å². The Kier molecular flexibility index (Phi) is 5.49. The molecule has 0 fully saturated rings. The highest BCUT2D eigenvalue weighted by atomic mass is 19.1. The van der Waals surface area contributed by atoms with Gasteiger partial charge in [-0.3, -0.25) is 4.57 Å². The summed E-state index contributed by atoms with van der Waals surface area (Å²) in [5.74, 6) is -0.520. The Morgan fingerprint density at radius 2 is 2.10 bits per heavy atom. The fourth-order valence-corrected chi connectivity index (χ4v) is 2.00. The zero-order valence-electron chi connectivity index (χ0n) is 12.1. The molecular formula is C16H19FN2O2. The van der Waals surface area contributed by atoms with E-state index in [1.54, 1.807) is 0 Å². The molecule has 2 aromatic rings. The van der Waals surface area contributed by atoms with Crippen LogP contribution in [0.5, 0.6) is 0 Å². The van der Waals surface area contributed by atoms with Crippen molar-refractivity contribution in [2.75, 3.05) is 6.61 Å². The molecule has 1 heterocycles. The molecule has 1 aromatic carbocycles. The highest BCUT2D eigenvalue weighted by Crippen LogP contribution is 2.09. The molecular weight excluding hydrogens is 271 g/mol. The molecule has 0 amide bonds. The van der Waals surface area contributed by atoms with Crippen molar-refractivity contribution in [3.63, 3.8) is 0 Å². The molecule has 4 nitrogen and oxygen atoms in total. The van der Waals surface area contributed by atoms with Crippen LogP contribution in [0, 0.1) is 6.08 Å². The number of unbranched alkanes of at least 4 members (excludes halogenated alkanes) is 1. The molecule has 0 saturated heterocycles. The molecule has 0 aliphatic carbocycles. The van der Waals surface area contributed by atoms with Crippen LogP contribution in [0.15, 0.2) is 36.5 Å². The topological polar surface area (TPSA) is 44.1 Å². The highest BCUT2D eigenvalue weighted by molar-refractivity contribution is 5.87. The number of ether oxygens (including phenoxy) is 1. The lowest BCUT2D eigenvalue weighted by Crippen LogP contribution is -2.15. The summed E-state index contributed by atoms with van der Waals surface area (Å²) in [6.45, 7) is 2.71. The number of hydrogen-bond donors (Lipinski definition) is 0. The second-order valence-corrected chi connectivity index (χ2v) is 4.79. The van der Waals surface area contributed by atoms with Gasteiger partial charge in [-0.15, -0.1) is 0 Å². The van der Waals surface area contributed by atoms with Crippen LogP contribution < -0.4 is 0 Å². The third-order valence-electron chi connectivity index (χ3n) is 3.21. The Hall–Kier alpha value is -2.17. The number of nitrogens with zero attached hydrogens (tertiary/aromatic N) is 2. The lowest BCUT2D eigenvalue weighted by atomic mass is 10.1. The average molecular weight is 290 g/mol. The van der Waals surface area contributed by atoms with E-state index < -0.39 is 12.0 Å². The van der Waals surface area contributed by atoms with Gasteiger partial charge in [-0.1, -0.05) is 43.7 Å². The van der Waals surface area contributed by atoms with Crippen LogP contribution in [0.1, 0.15) is 35.8 Å². The maximum atomic E-state index is 13.7. The summed E-state index contributed by atoms with van der Waals surface area (Å²) in [6, 6.07) is 9.72. The van der Waals surface area contributed by atoms with Crippen molar-refractivity contribution < 1.29 is 13.9 Å². The Labute approximate surface area is 123 Å². The fraction of sp³-hybridized carbons (Fsp3) is 0.375. The number of benzene rings is 1. The Morgan fingerprint density at radius 3 is 2.81 bits per heavy atom. The summed E-state index contributed by atoms with van der Waals surface area (Å²) in [5.41, 5.74) is 1.25. The van der Waals surface area contributed by atoms with Gasteiger partial charge in [-0.25, -0.2) is 9.78 Å². The van der Waals surface area contributed by atoms with E-state index in [4.69, 9.17) is 4.74 Å². The lowest BCUT2D eigenvalue weighted by molar-refractivity contribution is 0.0485. The summed E-state index contributed by atoms with van der Waals surface area (Å²) < 4.78 is 20.1. The van der Waals surface area contributed by atoms with Crippen LogP contribution in [-0.2, 0) is 17.7 Å². The number of carbonyl (C=O) groups is 1. The first-order chi connectivity index (χ1) is 10.2. The number of halogens is 1. The fourth-order valence-electron chi connectivity index (χ4n) is 2.00. The van der Waals surface area contributed by atoms with E-state index in [0.29, 0.717) is 19.6 Å². The second kappa shape index (κ2) is 7.57. The van der Waals surface area contributed by atoms with E-state index in [2.05, 4.69) is 4.98 Å². The summed E-state index contributed by atoms with van der Waals surface area (Å²) in [6.07, 6.45) is 2.94. The maximum absolute atomic E-state index is 13.7. The molecule has 0 bridgehead atoms. The summed E-state index contributed by atoms with van der Waals surface area (Å²) >= 11 is 0. The highest BCUT2D eigenvalue weighted by Gasteiger charge is 2.17. The van der Waals surface area contributed by atoms with Crippen LogP contribution >= 0.6 is 0 Å². The molecule has 0 radical (unpaired) electrons. The van der Waals surface area contributed by atoms with Crippen molar-refractivity contribution in [3.05, 3.63) is 53.9 Å². The van der Waals surface area contributed by atoms with Gasteiger partial charge >= 0.3 is 5.97 Å². The summed E-state index contributed by atoms with van der Waals surface area (Å²) in [4.78, 5) is 15.5. The van der Waals surface area contributed by atoms with Crippen LogP contribution in [-0.4, -0.2) is 22.1 Å². The molecule has 5 heteroatoms. The van der Waals surface area contributed by atoms with Gasteiger partial charge < -0.3 is 4.74 Å². The van der Waals surface area contributed by atoms with Crippen molar-refractivity contribution >= 4 is 5.97 Å². The minimum atomic E-state index is -0.659. The first-order valence-electron chi connectivity index (χ1n) is 7.14. The van der Waals surface area contributed by atoms with E-state index in [1.807, 2.05) is 37.3 Å². The molecule has 0 saturated carbocycles. The molecule has 0 atom stereocenters. The van der Waals surface area contributed by atoms with Crippen molar-refractivity contribution in [1.82, 2.24) is 9.55 Å². The van der Waals surface area contributed by atoms with Gasteiger partial charge in [0.05, 0.1) is 12.8 Å². The van der Waals surface area contributed by atoms with Gasteiger partial charge in [0.2, 0.25) is 0 Å². The quantitative estimate of drug-likeness (QED) is 0.581. The number of hydrogen-bond acceptors (Lipinski definition) is 3. The summed E-state index contributed by atoms with van der Waals surface area (Å²) in [5, 5.41) is 0. The smallest absolute Gasteiger partial charge is 0.356 e. The van der Waals surface area contributed by atoms with Crippen molar-refractivity contribution in [3.8, 4) is 0 Å². The number of aromatic nitrogens is 2. The van der Waals surface area contributed by atoms with Crippen molar-refractivity contribution in [2.45, 2.75) is 32.7 Å². The van der Waals surface area contributed by atoms with Crippen LogP contribution in [0.4, 0.5) is 4.39 Å². The molecule has 0 N–H and O–H groups in total. The largest absolute Gasteiger partial charge is 0.461 e. The van der Waals surface area contributed by atoms with Crippen LogP contribution in [0.3, 0.4) is 0 Å². The van der Waals surface area contributed by atoms with Gasteiger partial charge in [0.15, 0.2) is 0 Å². The number of rotatable bonds is 7. The normalized spacial score (nSPS) is 10.6. The monoisotopic (exact) mass is 290 g/mol. The van der Waals surface area contributed by atoms with E-state index in [0.717, 1.165) is 18.4 Å².